The number of sulfonamides is 1. The van der Waals surface area contributed by atoms with Crippen molar-refractivity contribution in [1.82, 2.24) is 0 Å². The summed E-state index contributed by atoms with van der Waals surface area (Å²) in [4.78, 5) is 24.1. The molecule has 0 saturated carbocycles. The molecule has 0 unspecified atom stereocenters. The van der Waals surface area contributed by atoms with E-state index in [0.717, 1.165) is 11.4 Å². The highest BCUT2D eigenvalue weighted by atomic mass is 35.5. The molecule has 10 heteroatoms. The first-order valence-corrected chi connectivity index (χ1v) is 10.3. The average molecular weight is 442 g/mol. The Morgan fingerprint density at radius 2 is 1.79 bits per heavy atom. The lowest BCUT2D eigenvalue weighted by Gasteiger charge is -2.25. The van der Waals surface area contributed by atoms with Gasteiger partial charge in [-0.15, -0.1) is 0 Å². The van der Waals surface area contributed by atoms with Gasteiger partial charge < -0.3 is 14.2 Å². The minimum atomic E-state index is -4.29. The van der Waals surface area contributed by atoms with Crippen LogP contribution in [0.2, 0.25) is 5.02 Å². The number of para-hydroxylation sites is 1. The van der Waals surface area contributed by atoms with E-state index >= 15 is 0 Å². The van der Waals surface area contributed by atoms with Gasteiger partial charge in [-0.05, 0) is 37.3 Å². The first-order chi connectivity index (χ1) is 13.8. The van der Waals surface area contributed by atoms with Crippen molar-refractivity contribution in [3.8, 4) is 5.75 Å². The van der Waals surface area contributed by atoms with E-state index in [1.165, 1.54) is 37.4 Å². The van der Waals surface area contributed by atoms with Crippen molar-refractivity contribution in [1.29, 1.82) is 0 Å². The van der Waals surface area contributed by atoms with Crippen LogP contribution in [0.1, 0.15) is 17.3 Å². The highest BCUT2D eigenvalue weighted by molar-refractivity contribution is 7.92. The highest BCUT2D eigenvalue weighted by Crippen LogP contribution is 2.32. The van der Waals surface area contributed by atoms with Gasteiger partial charge in [0.25, 0.3) is 10.0 Å². The van der Waals surface area contributed by atoms with Crippen molar-refractivity contribution in [2.75, 3.05) is 31.7 Å². The number of esters is 2. The van der Waals surface area contributed by atoms with Gasteiger partial charge in [0, 0.05) is 0 Å². The lowest BCUT2D eigenvalue weighted by molar-refractivity contribution is -0.138. The Labute approximate surface area is 174 Å². The molecule has 0 amide bonds. The predicted octanol–water partition coefficient (Wildman–Crippen LogP) is 2.89. The summed E-state index contributed by atoms with van der Waals surface area (Å²) in [5.41, 5.74) is -0.0373. The smallest absolute Gasteiger partial charge is 0.340 e. The van der Waals surface area contributed by atoms with E-state index in [2.05, 4.69) is 4.74 Å². The van der Waals surface area contributed by atoms with Gasteiger partial charge in [0.05, 0.1) is 42.0 Å². The fourth-order valence-corrected chi connectivity index (χ4v) is 4.27. The van der Waals surface area contributed by atoms with Crippen LogP contribution >= 0.6 is 11.6 Å². The second-order valence-electron chi connectivity index (χ2n) is 5.62. The Balaban J connectivity index is 2.64. The number of anilines is 1. The molecule has 0 aromatic heterocycles. The zero-order valence-corrected chi connectivity index (χ0v) is 17.6. The third-order valence-corrected chi connectivity index (χ3v) is 5.93. The van der Waals surface area contributed by atoms with Gasteiger partial charge in [0.15, 0.2) is 0 Å². The van der Waals surface area contributed by atoms with E-state index in [-0.39, 0.29) is 33.5 Å². The summed E-state index contributed by atoms with van der Waals surface area (Å²) in [6, 6.07) is 9.79. The molecule has 0 bridgehead atoms. The molecule has 0 fully saturated rings. The summed E-state index contributed by atoms with van der Waals surface area (Å²) < 4.78 is 42.1. The number of nitrogens with zero attached hydrogens (tertiary/aromatic N) is 1. The van der Waals surface area contributed by atoms with E-state index in [1.54, 1.807) is 19.1 Å². The summed E-state index contributed by atoms with van der Waals surface area (Å²) in [6.07, 6.45) is 0. The third kappa shape index (κ3) is 4.99. The number of carbonyl (C=O) groups is 2. The fourth-order valence-electron chi connectivity index (χ4n) is 2.49. The summed E-state index contributed by atoms with van der Waals surface area (Å²) in [5.74, 6) is -1.25. The van der Waals surface area contributed by atoms with Crippen LogP contribution in [0.4, 0.5) is 5.69 Å². The van der Waals surface area contributed by atoms with Crippen LogP contribution in [0, 0.1) is 0 Å². The van der Waals surface area contributed by atoms with E-state index in [1.807, 2.05) is 0 Å². The molecule has 0 saturated heterocycles. The van der Waals surface area contributed by atoms with Crippen LogP contribution in [0.5, 0.6) is 5.75 Å². The molecule has 156 valence electrons. The van der Waals surface area contributed by atoms with Crippen LogP contribution in [-0.4, -0.2) is 47.7 Å². The maximum Gasteiger partial charge on any atom is 0.340 e. The molecule has 0 heterocycles. The van der Waals surface area contributed by atoms with Crippen LogP contribution in [0.25, 0.3) is 0 Å². The molecule has 0 radical (unpaired) electrons. The van der Waals surface area contributed by atoms with E-state index in [0.29, 0.717) is 0 Å². The number of rotatable bonds is 8. The van der Waals surface area contributed by atoms with Crippen molar-refractivity contribution in [2.45, 2.75) is 11.8 Å². The zero-order valence-electron chi connectivity index (χ0n) is 16.0. The second-order valence-corrected chi connectivity index (χ2v) is 7.89. The summed E-state index contributed by atoms with van der Waals surface area (Å²) >= 11 is 6.07. The number of halogens is 1. The zero-order chi connectivity index (χ0) is 21.6. The molecule has 0 spiro atoms. The standard InChI is InChI=1S/C19H20ClNO7S/c1-4-28-19(23)14-7-5-6-8-16(14)21(12-18(22)27-3)29(24,25)13-9-10-17(26-2)15(20)11-13/h5-11H,4,12H2,1-3H3. The Kier molecular flexibility index (Phi) is 7.46. The molecule has 2 aromatic carbocycles. The van der Waals surface area contributed by atoms with Gasteiger partial charge in [0.2, 0.25) is 0 Å². The average Bonchev–Trinajstić information content (AvgIpc) is 2.71. The minimum absolute atomic E-state index is 0.0126. The number of ether oxygens (including phenoxy) is 3. The highest BCUT2D eigenvalue weighted by Gasteiger charge is 2.31. The van der Waals surface area contributed by atoms with E-state index in [4.69, 9.17) is 21.1 Å². The number of carbonyl (C=O) groups excluding carboxylic acids is 2. The van der Waals surface area contributed by atoms with Crippen molar-refractivity contribution in [3.05, 3.63) is 53.1 Å². The minimum Gasteiger partial charge on any atom is -0.495 e. The Hall–Kier alpha value is -2.78. The van der Waals surface area contributed by atoms with Crippen LogP contribution < -0.4 is 9.04 Å². The topological polar surface area (TPSA) is 99.2 Å². The first-order valence-electron chi connectivity index (χ1n) is 8.45. The second kappa shape index (κ2) is 9.62. The number of benzene rings is 2. The van der Waals surface area contributed by atoms with Crippen molar-refractivity contribution in [2.24, 2.45) is 0 Å². The van der Waals surface area contributed by atoms with Crippen molar-refractivity contribution >= 4 is 39.3 Å². The van der Waals surface area contributed by atoms with Gasteiger partial charge in [0.1, 0.15) is 12.3 Å². The lowest BCUT2D eigenvalue weighted by Crippen LogP contribution is -2.37. The lowest BCUT2D eigenvalue weighted by atomic mass is 10.2. The monoisotopic (exact) mass is 441 g/mol. The van der Waals surface area contributed by atoms with Gasteiger partial charge in [-0.25, -0.2) is 13.2 Å². The molecule has 0 aliphatic carbocycles. The maximum atomic E-state index is 13.3. The molecule has 0 aliphatic heterocycles. The molecule has 0 atom stereocenters. The molecule has 0 aliphatic rings. The van der Waals surface area contributed by atoms with Gasteiger partial charge in [-0.3, -0.25) is 9.10 Å². The predicted molar refractivity (Wildman–Crippen MR) is 107 cm³/mol. The molecule has 29 heavy (non-hydrogen) atoms. The third-order valence-electron chi connectivity index (χ3n) is 3.88. The van der Waals surface area contributed by atoms with Crippen molar-refractivity contribution in [3.63, 3.8) is 0 Å². The Morgan fingerprint density at radius 1 is 1.10 bits per heavy atom. The van der Waals surface area contributed by atoms with Crippen molar-refractivity contribution < 1.29 is 32.2 Å². The van der Waals surface area contributed by atoms with Gasteiger partial charge >= 0.3 is 11.9 Å². The molecule has 2 aromatic rings. The van der Waals surface area contributed by atoms with Gasteiger partial charge in [-0.2, -0.15) is 0 Å². The van der Waals surface area contributed by atoms with E-state index in [9.17, 15) is 18.0 Å². The molecular weight excluding hydrogens is 422 g/mol. The number of methoxy groups -OCH3 is 2. The largest absolute Gasteiger partial charge is 0.495 e. The SMILES string of the molecule is CCOC(=O)c1ccccc1N(CC(=O)OC)S(=O)(=O)c1ccc(OC)c(Cl)c1. The van der Waals surface area contributed by atoms with Crippen LogP contribution in [0.15, 0.2) is 47.4 Å². The number of hydrogen-bond donors (Lipinski definition) is 0. The molecule has 8 nitrogen and oxygen atoms in total. The van der Waals surface area contributed by atoms with Crippen LogP contribution in [-0.2, 0) is 24.3 Å². The Bertz CT molecular complexity index is 1010. The molecule has 2 rings (SSSR count). The normalized spacial score (nSPS) is 10.9. The molecule has 0 N–H and O–H groups in total. The fraction of sp³-hybridized carbons (Fsp3) is 0.263. The summed E-state index contributed by atoms with van der Waals surface area (Å²) in [7, 11) is -1.76. The summed E-state index contributed by atoms with van der Waals surface area (Å²) in [6.45, 7) is 1.08. The molecular formula is C19H20ClNO7S. The quantitative estimate of drug-likeness (QED) is 0.580. The van der Waals surface area contributed by atoms with E-state index < -0.39 is 28.5 Å². The maximum absolute atomic E-state index is 13.3. The summed E-state index contributed by atoms with van der Waals surface area (Å²) in [5, 5.41) is 0.0743. The van der Waals surface area contributed by atoms with Crippen LogP contribution in [0.3, 0.4) is 0 Å². The number of hydrogen-bond acceptors (Lipinski definition) is 7. The van der Waals surface area contributed by atoms with Gasteiger partial charge in [-0.1, -0.05) is 23.7 Å². The Morgan fingerprint density at radius 3 is 2.38 bits per heavy atom. The first kappa shape index (κ1) is 22.5.